The van der Waals surface area contributed by atoms with Crippen molar-refractivity contribution in [2.24, 2.45) is 0 Å². The van der Waals surface area contributed by atoms with Crippen LogP contribution in [0.4, 0.5) is 5.69 Å². The number of rotatable bonds is 4. The minimum Gasteiger partial charge on any atom is -0.315 e. The first-order chi connectivity index (χ1) is 12.7. The maximum absolute atomic E-state index is 10.8. The molecule has 2 aliphatic rings. The summed E-state index contributed by atoms with van der Waals surface area (Å²) in [5, 5.41) is 19.8. The molecular weight excluding hydrogens is 330 g/mol. The number of hydrogen-bond donors (Lipinski definition) is 0. The van der Waals surface area contributed by atoms with Crippen LogP contribution in [0.2, 0.25) is 0 Å². The smallest absolute Gasteiger partial charge is 0.269 e. The van der Waals surface area contributed by atoms with Gasteiger partial charge in [0.25, 0.3) is 5.69 Å². The lowest BCUT2D eigenvalue weighted by Crippen LogP contribution is -2.35. The van der Waals surface area contributed by atoms with E-state index in [4.69, 9.17) is 0 Å². The van der Waals surface area contributed by atoms with E-state index in [9.17, 15) is 10.1 Å². The van der Waals surface area contributed by atoms with Gasteiger partial charge in [0.15, 0.2) is 0 Å². The average molecular weight is 355 g/mol. The Kier molecular flexibility index (Phi) is 4.97. The third-order valence-electron chi connectivity index (χ3n) is 5.56. The second-order valence-corrected chi connectivity index (χ2v) is 7.43. The Morgan fingerprint density at radius 3 is 2.73 bits per heavy atom. The zero-order valence-electron chi connectivity index (χ0n) is 15.0. The lowest BCUT2D eigenvalue weighted by molar-refractivity contribution is -0.384. The highest BCUT2D eigenvalue weighted by Crippen LogP contribution is 2.29. The van der Waals surface area contributed by atoms with Crippen LogP contribution in [0.25, 0.3) is 0 Å². The molecule has 1 unspecified atom stereocenters. The number of non-ortho nitro benzene ring substituents is 1. The van der Waals surface area contributed by atoms with Crippen molar-refractivity contribution in [3.05, 3.63) is 51.6 Å². The molecule has 1 saturated heterocycles. The zero-order chi connectivity index (χ0) is 17.9. The van der Waals surface area contributed by atoms with Gasteiger partial charge in [0.05, 0.1) is 4.92 Å². The summed E-state index contributed by atoms with van der Waals surface area (Å²) < 4.78 is 2.37. The topological polar surface area (TPSA) is 77.1 Å². The first kappa shape index (κ1) is 17.1. The van der Waals surface area contributed by atoms with Gasteiger partial charge in [-0.25, -0.2) is 0 Å². The van der Waals surface area contributed by atoms with Gasteiger partial charge in [0.1, 0.15) is 11.6 Å². The van der Waals surface area contributed by atoms with Gasteiger partial charge in [-0.3, -0.25) is 15.0 Å². The standard InChI is InChI=1S/C19H25N5O2/c25-24(26)17-9-7-15(8-10-17)13-22-11-4-5-16(14-22)19-21-20-18-6-2-1-3-12-23(18)19/h7-10,16H,1-6,11-14H2. The summed E-state index contributed by atoms with van der Waals surface area (Å²) >= 11 is 0. The van der Waals surface area contributed by atoms with Crippen molar-refractivity contribution in [2.75, 3.05) is 13.1 Å². The zero-order valence-corrected chi connectivity index (χ0v) is 15.0. The van der Waals surface area contributed by atoms with Crippen LogP contribution < -0.4 is 0 Å². The Hall–Kier alpha value is -2.28. The fourth-order valence-corrected chi connectivity index (χ4v) is 4.20. The second kappa shape index (κ2) is 7.53. The van der Waals surface area contributed by atoms with Crippen molar-refractivity contribution in [2.45, 2.75) is 57.5 Å². The Bertz CT molecular complexity index is 771. The highest BCUT2D eigenvalue weighted by Gasteiger charge is 2.27. The maximum Gasteiger partial charge on any atom is 0.269 e. The van der Waals surface area contributed by atoms with E-state index in [-0.39, 0.29) is 10.6 Å². The minimum atomic E-state index is -0.349. The quantitative estimate of drug-likeness (QED) is 0.621. The Morgan fingerprint density at radius 2 is 1.92 bits per heavy atom. The molecule has 2 aliphatic heterocycles. The van der Waals surface area contributed by atoms with Crippen molar-refractivity contribution < 1.29 is 4.92 Å². The van der Waals surface area contributed by atoms with Crippen LogP contribution >= 0.6 is 0 Å². The van der Waals surface area contributed by atoms with Gasteiger partial charge in [-0.15, -0.1) is 10.2 Å². The van der Waals surface area contributed by atoms with E-state index in [1.54, 1.807) is 12.1 Å². The Labute approximate surface area is 153 Å². The van der Waals surface area contributed by atoms with Crippen LogP contribution in [0.1, 0.15) is 55.2 Å². The molecule has 0 radical (unpaired) electrons. The second-order valence-electron chi connectivity index (χ2n) is 7.43. The molecule has 1 aromatic carbocycles. The number of nitrogens with zero attached hydrogens (tertiary/aromatic N) is 5. The normalized spacial score (nSPS) is 21.2. The van der Waals surface area contributed by atoms with E-state index in [2.05, 4.69) is 19.7 Å². The molecule has 0 aliphatic carbocycles. The van der Waals surface area contributed by atoms with Crippen LogP contribution in [-0.4, -0.2) is 37.7 Å². The molecule has 7 nitrogen and oxygen atoms in total. The van der Waals surface area contributed by atoms with Gasteiger partial charge < -0.3 is 4.57 Å². The summed E-state index contributed by atoms with van der Waals surface area (Å²) in [6, 6.07) is 6.92. The summed E-state index contributed by atoms with van der Waals surface area (Å²) in [5.41, 5.74) is 1.27. The van der Waals surface area contributed by atoms with E-state index in [1.165, 1.54) is 19.3 Å². The summed E-state index contributed by atoms with van der Waals surface area (Å²) in [6.07, 6.45) is 7.08. The molecule has 1 atom stereocenters. The molecule has 0 saturated carbocycles. The van der Waals surface area contributed by atoms with Gasteiger partial charge in [0, 0.05) is 44.1 Å². The van der Waals surface area contributed by atoms with Gasteiger partial charge in [0.2, 0.25) is 0 Å². The highest BCUT2D eigenvalue weighted by atomic mass is 16.6. The SMILES string of the molecule is O=[N+]([O-])c1ccc(CN2CCCC(c3nnc4n3CCCCC4)C2)cc1. The Morgan fingerprint density at radius 1 is 1.08 bits per heavy atom. The number of hydrogen-bond acceptors (Lipinski definition) is 5. The van der Waals surface area contributed by atoms with Crippen molar-refractivity contribution in [3.8, 4) is 0 Å². The minimum absolute atomic E-state index is 0.149. The van der Waals surface area contributed by atoms with Crippen LogP contribution in [0.15, 0.2) is 24.3 Å². The lowest BCUT2D eigenvalue weighted by atomic mass is 9.96. The van der Waals surface area contributed by atoms with Crippen molar-refractivity contribution in [1.29, 1.82) is 0 Å². The fourth-order valence-electron chi connectivity index (χ4n) is 4.20. The molecule has 26 heavy (non-hydrogen) atoms. The van der Waals surface area contributed by atoms with Gasteiger partial charge >= 0.3 is 0 Å². The maximum atomic E-state index is 10.8. The van der Waals surface area contributed by atoms with Crippen LogP contribution in [0.3, 0.4) is 0 Å². The third-order valence-corrected chi connectivity index (χ3v) is 5.56. The first-order valence-electron chi connectivity index (χ1n) is 9.58. The predicted molar refractivity (Wildman–Crippen MR) is 97.9 cm³/mol. The van der Waals surface area contributed by atoms with E-state index in [0.29, 0.717) is 5.92 Å². The molecule has 3 heterocycles. The van der Waals surface area contributed by atoms with E-state index >= 15 is 0 Å². The number of benzene rings is 1. The molecule has 1 aromatic heterocycles. The van der Waals surface area contributed by atoms with Gasteiger partial charge in [-0.1, -0.05) is 18.6 Å². The monoisotopic (exact) mass is 355 g/mol. The molecule has 0 N–H and O–H groups in total. The predicted octanol–water partition coefficient (Wildman–Crippen LogP) is 3.29. The largest absolute Gasteiger partial charge is 0.315 e. The number of fused-ring (bicyclic) bond motifs is 1. The van der Waals surface area contributed by atoms with Gasteiger partial charge in [-0.2, -0.15) is 0 Å². The van der Waals surface area contributed by atoms with Crippen LogP contribution in [0.5, 0.6) is 0 Å². The van der Waals surface area contributed by atoms with Crippen LogP contribution in [-0.2, 0) is 19.5 Å². The van der Waals surface area contributed by atoms with Crippen LogP contribution in [0, 0.1) is 10.1 Å². The number of piperidine rings is 1. The molecule has 0 spiro atoms. The highest BCUT2D eigenvalue weighted by molar-refractivity contribution is 5.32. The summed E-state index contributed by atoms with van der Waals surface area (Å²) in [4.78, 5) is 12.9. The third kappa shape index (κ3) is 3.62. The van der Waals surface area contributed by atoms with Crippen molar-refractivity contribution >= 4 is 5.69 Å². The van der Waals surface area contributed by atoms with Crippen molar-refractivity contribution in [3.63, 3.8) is 0 Å². The average Bonchev–Trinajstić information content (AvgIpc) is 2.91. The molecule has 0 amide bonds. The summed E-state index contributed by atoms with van der Waals surface area (Å²) in [7, 11) is 0. The molecule has 1 fully saturated rings. The summed E-state index contributed by atoms with van der Waals surface area (Å²) in [5.74, 6) is 2.75. The van der Waals surface area contributed by atoms with Gasteiger partial charge in [-0.05, 0) is 37.8 Å². The molecule has 7 heteroatoms. The first-order valence-corrected chi connectivity index (χ1v) is 9.58. The molecular formula is C19H25N5O2. The number of aryl methyl sites for hydroxylation is 1. The molecule has 0 bridgehead atoms. The number of nitro benzene ring substituents is 1. The molecule has 4 rings (SSSR count). The van der Waals surface area contributed by atoms with Crippen molar-refractivity contribution in [1.82, 2.24) is 19.7 Å². The number of likely N-dealkylation sites (tertiary alicyclic amines) is 1. The van der Waals surface area contributed by atoms with E-state index in [1.807, 2.05) is 12.1 Å². The summed E-state index contributed by atoms with van der Waals surface area (Å²) in [6.45, 7) is 3.93. The van der Waals surface area contributed by atoms with E-state index < -0.39 is 0 Å². The number of aromatic nitrogens is 3. The Balaban J connectivity index is 1.44. The lowest BCUT2D eigenvalue weighted by Gasteiger charge is -2.32. The number of nitro groups is 1. The van der Waals surface area contributed by atoms with E-state index in [0.717, 1.165) is 62.7 Å². The molecule has 2 aromatic rings. The fraction of sp³-hybridized carbons (Fsp3) is 0.579. The molecule has 138 valence electrons.